The summed E-state index contributed by atoms with van der Waals surface area (Å²) in [5, 5.41) is 3.30. The number of anilines is 1. The van der Waals surface area contributed by atoms with E-state index in [9.17, 15) is 4.79 Å². The number of aromatic nitrogens is 2. The lowest BCUT2D eigenvalue weighted by Crippen LogP contribution is -2.36. The first-order valence-electron chi connectivity index (χ1n) is 7.73. The standard InChI is InChI=1S/C16H18N4O3/c21-14(12-2-7-22-9-12)20-6-3-16(11-20)8-13(10-23-16)19-15-17-4-1-5-18-15/h1-2,4-5,7,9,13H,3,6,8,10-11H2,(H,17,18,19)/t13-,16-/m0/s1. The van der Waals surface area contributed by atoms with Crippen molar-refractivity contribution >= 4 is 11.9 Å². The van der Waals surface area contributed by atoms with Crippen LogP contribution in [0.2, 0.25) is 0 Å². The second kappa shape index (κ2) is 5.66. The molecular weight excluding hydrogens is 296 g/mol. The molecule has 2 aliphatic rings. The average molecular weight is 314 g/mol. The van der Waals surface area contributed by atoms with E-state index in [1.165, 1.54) is 12.5 Å². The molecule has 2 aliphatic heterocycles. The summed E-state index contributed by atoms with van der Waals surface area (Å²) < 4.78 is 11.0. The Morgan fingerprint density at radius 1 is 1.39 bits per heavy atom. The van der Waals surface area contributed by atoms with E-state index in [0.29, 0.717) is 31.2 Å². The number of furan rings is 1. The maximum Gasteiger partial charge on any atom is 0.257 e. The van der Waals surface area contributed by atoms with Crippen LogP contribution in [0.5, 0.6) is 0 Å². The van der Waals surface area contributed by atoms with Crippen LogP contribution >= 0.6 is 0 Å². The fourth-order valence-corrected chi connectivity index (χ4v) is 3.36. The van der Waals surface area contributed by atoms with Crippen molar-refractivity contribution in [2.45, 2.75) is 24.5 Å². The molecular formula is C16H18N4O3. The van der Waals surface area contributed by atoms with Crippen molar-refractivity contribution in [3.63, 3.8) is 0 Å². The molecule has 4 rings (SSSR count). The van der Waals surface area contributed by atoms with Crippen molar-refractivity contribution in [3.05, 3.63) is 42.6 Å². The molecule has 0 unspecified atom stereocenters. The highest BCUT2D eigenvalue weighted by molar-refractivity contribution is 5.94. The molecule has 0 bridgehead atoms. The summed E-state index contributed by atoms with van der Waals surface area (Å²) in [6.07, 6.45) is 8.12. The highest BCUT2D eigenvalue weighted by Crippen LogP contribution is 2.36. The van der Waals surface area contributed by atoms with Gasteiger partial charge in [-0.2, -0.15) is 0 Å². The average Bonchev–Trinajstić information content (AvgIpc) is 3.31. The van der Waals surface area contributed by atoms with Crippen molar-refractivity contribution in [1.82, 2.24) is 14.9 Å². The van der Waals surface area contributed by atoms with Crippen LogP contribution in [0.1, 0.15) is 23.2 Å². The Kier molecular flexibility index (Phi) is 3.49. The molecule has 23 heavy (non-hydrogen) atoms. The SMILES string of the molecule is O=C(c1ccoc1)N1CC[C@]2(C[C@H](Nc3ncccn3)CO2)C1. The second-order valence-corrected chi connectivity index (χ2v) is 6.10. The topological polar surface area (TPSA) is 80.5 Å². The smallest absolute Gasteiger partial charge is 0.257 e. The van der Waals surface area contributed by atoms with Gasteiger partial charge in [0, 0.05) is 25.4 Å². The third kappa shape index (κ3) is 2.79. The quantitative estimate of drug-likeness (QED) is 0.926. The molecule has 7 nitrogen and oxygen atoms in total. The maximum atomic E-state index is 12.4. The molecule has 0 aliphatic carbocycles. The molecule has 2 saturated heterocycles. The fourth-order valence-electron chi connectivity index (χ4n) is 3.36. The molecule has 120 valence electrons. The van der Waals surface area contributed by atoms with Gasteiger partial charge in [-0.1, -0.05) is 0 Å². The molecule has 1 N–H and O–H groups in total. The lowest BCUT2D eigenvalue weighted by atomic mass is 9.97. The third-order valence-electron chi connectivity index (χ3n) is 4.48. The van der Waals surface area contributed by atoms with Gasteiger partial charge in [-0.15, -0.1) is 0 Å². The van der Waals surface area contributed by atoms with Crippen molar-refractivity contribution in [2.24, 2.45) is 0 Å². The van der Waals surface area contributed by atoms with Gasteiger partial charge in [-0.25, -0.2) is 9.97 Å². The Morgan fingerprint density at radius 2 is 2.26 bits per heavy atom. The van der Waals surface area contributed by atoms with Crippen LogP contribution < -0.4 is 5.32 Å². The number of nitrogens with one attached hydrogen (secondary N) is 1. The van der Waals surface area contributed by atoms with E-state index in [2.05, 4.69) is 15.3 Å². The molecule has 2 fully saturated rings. The molecule has 1 spiro atoms. The minimum absolute atomic E-state index is 0.00188. The van der Waals surface area contributed by atoms with E-state index < -0.39 is 0 Å². The van der Waals surface area contributed by atoms with Crippen LogP contribution in [0.3, 0.4) is 0 Å². The van der Waals surface area contributed by atoms with Crippen molar-refractivity contribution in [1.29, 1.82) is 0 Å². The van der Waals surface area contributed by atoms with E-state index in [1.54, 1.807) is 24.5 Å². The highest BCUT2D eigenvalue weighted by atomic mass is 16.5. The van der Waals surface area contributed by atoms with Crippen LogP contribution in [-0.2, 0) is 4.74 Å². The van der Waals surface area contributed by atoms with Gasteiger partial charge in [0.2, 0.25) is 5.95 Å². The van der Waals surface area contributed by atoms with Crippen molar-refractivity contribution in [3.8, 4) is 0 Å². The second-order valence-electron chi connectivity index (χ2n) is 6.10. The molecule has 0 radical (unpaired) electrons. The van der Waals surface area contributed by atoms with E-state index in [4.69, 9.17) is 9.15 Å². The number of hydrogen-bond donors (Lipinski definition) is 1. The molecule has 4 heterocycles. The van der Waals surface area contributed by atoms with Crippen molar-refractivity contribution in [2.75, 3.05) is 25.0 Å². The van der Waals surface area contributed by atoms with E-state index in [1.807, 2.05) is 4.90 Å². The Morgan fingerprint density at radius 3 is 3.04 bits per heavy atom. The molecule has 2 atom stereocenters. The van der Waals surface area contributed by atoms with Gasteiger partial charge in [-0.05, 0) is 18.6 Å². The van der Waals surface area contributed by atoms with Crippen LogP contribution in [0.15, 0.2) is 41.5 Å². The first kappa shape index (κ1) is 14.2. The molecule has 1 amide bonds. The minimum Gasteiger partial charge on any atom is -0.472 e. The first-order valence-corrected chi connectivity index (χ1v) is 7.73. The Labute approximate surface area is 133 Å². The Balaban J connectivity index is 1.38. The number of carbonyl (C=O) groups excluding carboxylic acids is 1. The Bertz CT molecular complexity index is 676. The van der Waals surface area contributed by atoms with Gasteiger partial charge in [0.15, 0.2) is 0 Å². The number of ether oxygens (including phenoxy) is 1. The zero-order valence-electron chi connectivity index (χ0n) is 12.6. The number of rotatable bonds is 3. The number of likely N-dealkylation sites (tertiary alicyclic amines) is 1. The zero-order valence-corrected chi connectivity index (χ0v) is 12.6. The number of amides is 1. The summed E-state index contributed by atoms with van der Waals surface area (Å²) >= 11 is 0. The summed E-state index contributed by atoms with van der Waals surface area (Å²) in [4.78, 5) is 22.6. The fraction of sp³-hybridized carbons (Fsp3) is 0.438. The summed E-state index contributed by atoms with van der Waals surface area (Å²) in [6.45, 7) is 1.93. The van der Waals surface area contributed by atoms with Crippen LogP contribution in [0, 0.1) is 0 Å². The van der Waals surface area contributed by atoms with Gasteiger partial charge in [0.1, 0.15) is 6.26 Å². The van der Waals surface area contributed by atoms with E-state index in [-0.39, 0.29) is 17.6 Å². The largest absolute Gasteiger partial charge is 0.472 e. The Hall–Kier alpha value is -2.41. The molecule has 2 aromatic rings. The van der Waals surface area contributed by atoms with Gasteiger partial charge in [-0.3, -0.25) is 4.79 Å². The molecule has 0 aromatic carbocycles. The summed E-state index contributed by atoms with van der Waals surface area (Å²) in [7, 11) is 0. The van der Waals surface area contributed by atoms with Crippen molar-refractivity contribution < 1.29 is 13.9 Å². The molecule has 0 saturated carbocycles. The normalized spacial score (nSPS) is 26.8. The number of hydrogen-bond acceptors (Lipinski definition) is 6. The van der Waals surface area contributed by atoms with E-state index in [0.717, 1.165) is 12.8 Å². The summed E-state index contributed by atoms with van der Waals surface area (Å²) in [5.41, 5.74) is 0.332. The number of nitrogens with zero attached hydrogens (tertiary/aromatic N) is 3. The molecule has 7 heteroatoms. The minimum atomic E-state index is -0.258. The first-order chi connectivity index (χ1) is 11.2. The van der Waals surface area contributed by atoms with Crippen LogP contribution in [0.4, 0.5) is 5.95 Å². The zero-order chi connectivity index (χ0) is 15.7. The van der Waals surface area contributed by atoms with Crippen LogP contribution in [-0.4, -0.2) is 52.1 Å². The predicted octanol–water partition coefficient (Wildman–Crippen LogP) is 1.56. The highest BCUT2D eigenvalue weighted by Gasteiger charge is 2.47. The van der Waals surface area contributed by atoms with Crippen LogP contribution in [0.25, 0.3) is 0 Å². The monoisotopic (exact) mass is 314 g/mol. The number of carbonyl (C=O) groups is 1. The van der Waals surface area contributed by atoms with Gasteiger partial charge >= 0.3 is 0 Å². The maximum absolute atomic E-state index is 12.4. The molecule has 2 aromatic heterocycles. The van der Waals surface area contributed by atoms with Gasteiger partial charge in [0.05, 0.1) is 36.6 Å². The summed E-state index contributed by atoms with van der Waals surface area (Å²) in [5.74, 6) is 0.615. The third-order valence-corrected chi connectivity index (χ3v) is 4.48. The summed E-state index contributed by atoms with van der Waals surface area (Å²) in [6, 6.07) is 3.65. The van der Waals surface area contributed by atoms with Gasteiger partial charge < -0.3 is 19.4 Å². The van der Waals surface area contributed by atoms with E-state index >= 15 is 0 Å². The lowest BCUT2D eigenvalue weighted by Gasteiger charge is -2.23. The predicted molar refractivity (Wildman–Crippen MR) is 82.0 cm³/mol. The van der Waals surface area contributed by atoms with Gasteiger partial charge in [0.25, 0.3) is 5.91 Å². The lowest BCUT2D eigenvalue weighted by molar-refractivity contribution is 0.0125.